The van der Waals surface area contributed by atoms with E-state index in [1.807, 2.05) is 48.7 Å². The molecule has 1 aliphatic heterocycles. The smallest absolute Gasteiger partial charge is 0.331 e. The number of thioether (sulfide) groups is 1. The van der Waals surface area contributed by atoms with Gasteiger partial charge in [0.05, 0.1) is 0 Å². The fourth-order valence-electron chi connectivity index (χ4n) is 3.00. The third kappa shape index (κ3) is 5.63. The summed E-state index contributed by atoms with van der Waals surface area (Å²) in [5.41, 5.74) is 2.08. The second-order valence-electron chi connectivity index (χ2n) is 6.42. The lowest BCUT2D eigenvalue weighted by atomic mass is 10.2. The van der Waals surface area contributed by atoms with E-state index in [0.29, 0.717) is 13.1 Å². The van der Waals surface area contributed by atoms with Gasteiger partial charge < -0.3 is 14.5 Å². The summed E-state index contributed by atoms with van der Waals surface area (Å²) in [7, 11) is 0. The van der Waals surface area contributed by atoms with Crippen LogP contribution in [-0.4, -0.2) is 55.8 Å². The van der Waals surface area contributed by atoms with Crippen LogP contribution < -0.4 is 4.90 Å². The summed E-state index contributed by atoms with van der Waals surface area (Å²) in [5, 5.41) is 0. The van der Waals surface area contributed by atoms with Crippen LogP contribution in [0.1, 0.15) is 5.56 Å². The molecule has 6 heteroatoms. The molecule has 0 atom stereocenters. The number of nitrogens with zero attached hydrogens (tertiary/aromatic N) is 2. The lowest BCUT2D eigenvalue weighted by Crippen LogP contribution is -2.49. The Kier molecular flexibility index (Phi) is 7.14. The van der Waals surface area contributed by atoms with Gasteiger partial charge in [0.25, 0.3) is 5.91 Å². The minimum atomic E-state index is -0.509. The Morgan fingerprint density at radius 3 is 2.32 bits per heavy atom. The van der Waals surface area contributed by atoms with Crippen LogP contribution in [0, 0.1) is 0 Å². The molecule has 2 aromatic carbocycles. The number of piperazine rings is 1. The Bertz CT molecular complexity index is 813. The number of esters is 1. The van der Waals surface area contributed by atoms with E-state index in [1.165, 1.54) is 6.08 Å². The van der Waals surface area contributed by atoms with Crippen molar-refractivity contribution < 1.29 is 14.3 Å². The molecule has 146 valence electrons. The van der Waals surface area contributed by atoms with Crippen LogP contribution in [0.2, 0.25) is 0 Å². The third-order valence-corrected chi connectivity index (χ3v) is 5.36. The van der Waals surface area contributed by atoms with E-state index in [2.05, 4.69) is 17.0 Å². The number of para-hydroxylation sites is 1. The minimum Gasteiger partial charge on any atom is -0.452 e. The maximum Gasteiger partial charge on any atom is 0.331 e. The monoisotopic (exact) mass is 396 g/mol. The molecule has 0 saturated carbocycles. The summed E-state index contributed by atoms with van der Waals surface area (Å²) in [5.74, 6) is -0.663. The number of ether oxygens (including phenoxy) is 1. The number of rotatable bonds is 6. The Morgan fingerprint density at radius 1 is 1.00 bits per heavy atom. The average molecular weight is 397 g/mol. The van der Waals surface area contributed by atoms with Crippen molar-refractivity contribution in [3.05, 3.63) is 66.2 Å². The Labute approximate surface area is 170 Å². The normalized spacial score (nSPS) is 14.3. The topological polar surface area (TPSA) is 49.9 Å². The fraction of sp³-hybridized carbons (Fsp3) is 0.273. The summed E-state index contributed by atoms with van der Waals surface area (Å²) in [6.07, 6.45) is 5.06. The minimum absolute atomic E-state index is 0.154. The van der Waals surface area contributed by atoms with E-state index in [9.17, 15) is 9.59 Å². The molecule has 0 unspecified atom stereocenters. The molecule has 0 aliphatic carbocycles. The van der Waals surface area contributed by atoms with Gasteiger partial charge in [0.15, 0.2) is 6.61 Å². The van der Waals surface area contributed by atoms with Crippen LogP contribution in [0.5, 0.6) is 0 Å². The van der Waals surface area contributed by atoms with Crippen LogP contribution in [0.15, 0.2) is 65.6 Å². The highest BCUT2D eigenvalue weighted by Crippen LogP contribution is 2.16. The zero-order valence-electron chi connectivity index (χ0n) is 15.9. The molecule has 0 radical (unpaired) electrons. The zero-order valence-corrected chi connectivity index (χ0v) is 16.7. The average Bonchev–Trinajstić information content (AvgIpc) is 2.77. The Hall–Kier alpha value is -2.73. The van der Waals surface area contributed by atoms with Gasteiger partial charge in [-0.15, -0.1) is 11.8 Å². The molecule has 5 nitrogen and oxygen atoms in total. The maximum atomic E-state index is 12.3. The van der Waals surface area contributed by atoms with Gasteiger partial charge in [-0.2, -0.15) is 0 Å². The number of amides is 1. The van der Waals surface area contributed by atoms with Crippen molar-refractivity contribution in [3.63, 3.8) is 0 Å². The molecule has 1 fully saturated rings. The van der Waals surface area contributed by atoms with Crippen molar-refractivity contribution >= 4 is 35.4 Å². The third-order valence-electron chi connectivity index (χ3n) is 4.62. The maximum absolute atomic E-state index is 12.3. The highest BCUT2D eigenvalue weighted by Gasteiger charge is 2.21. The molecule has 1 aliphatic rings. The van der Waals surface area contributed by atoms with E-state index in [4.69, 9.17) is 4.74 Å². The van der Waals surface area contributed by atoms with Crippen molar-refractivity contribution in [2.45, 2.75) is 4.90 Å². The van der Waals surface area contributed by atoms with Crippen molar-refractivity contribution in [1.29, 1.82) is 0 Å². The van der Waals surface area contributed by atoms with E-state index in [1.54, 1.807) is 22.7 Å². The summed E-state index contributed by atoms with van der Waals surface area (Å²) in [4.78, 5) is 29.3. The van der Waals surface area contributed by atoms with Gasteiger partial charge in [-0.1, -0.05) is 30.3 Å². The van der Waals surface area contributed by atoms with Crippen molar-refractivity contribution in [2.75, 3.05) is 43.9 Å². The van der Waals surface area contributed by atoms with Gasteiger partial charge in [-0.05, 0) is 42.2 Å². The largest absolute Gasteiger partial charge is 0.452 e. The molecule has 0 aromatic heterocycles. The first-order chi connectivity index (χ1) is 13.7. The fourth-order valence-corrected chi connectivity index (χ4v) is 3.41. The summed E-state index contributed by atoms with van der Waals surface area (Å²) >= 11 is 1.66. The lowest BCUT2D eigenvalue weighted by Gasteiger charge is -2.36. The SMILES string of the molecule is CSc1ccc(/C=C/C(=O)OCC(=O)N2CCN(c3ccccc3)CC2)cc1. The number of carbonyl (C=O) groups excluding carboxylic acids is 2. The van der Waals surface area contributed by atoms with Gasteiger partial charge in [0.1, 0.15) is 0 Å². The standard InChI is InChI=1S/C22H24N2O3S/c1-28-20-10-7-18(8-11-20)9-12-22(26)27-17-21(25)24-15-13-23(14-16-24)19-5-3-2-4-6-19/h2-12H,13-17H2,1H3/b12-9+. The van der Waals surface area contributed by atoms with Crippen molar-refractivity contribution in [2.24, 2.45) is 0 Å². The van der Waals surface area contributed by atoms with E-state index in [0.717, 1.165) is 29.2 Å². The van der Waals surface area contributed by atoms with Crippen molar-refractivity contribution in [3.8, 4) is 0 Å². The number of hydrogen-bond acceptors (Lipinski definition) is 5. The number of hydrogen-bond donors (Lipinski definition) is 0. The Morgan fingerprint density at radius 2 is 1.68 bits per heavy atom. The molecule has 0 N–H and O–H groups in total. The van der Waals surface area contributed by atoms with Gasteiger partial charge in [-0.25, -0.2) is 4.79 Å². The highest BCUT2D eigenvalue weighted by molar-refractivity contribution is 7.98. The molecule has 0 bridgehead atoms. The van der Waals surface area contributed by atoms with Gasteiger partial charge in [-0.3, -0.25) is 4.79 Å². The predicted octanol–water partition coefficient (Wildman–Crippen LogP) is 3.31. The molecule has 2 aromatic rings. The van der Waals surface area contributed by atoms with Crippen LogP contribution in [0.4, 0.5) is 5.69 Å². The molecule has 0 spiro atoms. The molecule has 1 heterocycles. The van der Waals surface area contributed by atoms with E-state index in [-0.39, 0.29) is 12.5 Å². The lowest BCUT2D eigenvalue weighted by molar-refractivity contribution is -0.148. The number of carbonyl (C=O) groups is 2. The quantitative estimate of drug-likeness (QED) is 0.426. The summed E-state index contributed by atoms with van der Waals surface area (Å²) in [6.45, 7) is 2.58. The Balaban J connectivity index is 1.41. The highest BCUT2D eigenvalue weighted by atomic mass is 32.2. The molecular formula is C22H24N2O3S. The zero-order chi connectivity index (χ0) is 19.8. The van der Waals surface area contributed by atoms with Crippen LogP contribution >= 0.6 is 11.8 Å². The second-order valence-corrected chi connectivity index (χ2v) is 7.30. The van der Waals surface area contributed by atoms with Gasteiger partial charge in [0.2, 0.25) is 0 Å². The van der Waals surface area contributed by atoms with Crippen LogP contribution in [-0.2, 0) is 14.3 Å². The molecule has 1 amide bonds. The van der Waals surface area contributed by atoms with Crippen LogP contribution in [0.25, 0.3) is 6.08 Å². The predicted molar refractivity (Wildman–Crippen MR) is 113 cm³/mol. The summed E-state index contributed by atoms with van der Waals surface area (Å²) in [6, 6.07) is 18.0. The molecule has 28 heavy (non-hydrogen) atoms. The molecular weight excluding hydrogens is 372 g/mol. The first-order valence-electron chi connectivity index (χ1n) is 9.22. The van der Waals surface area contributed by atoms with Crippen molar-refractivity contribution in [1.82, 2.24) is 4.90 Å². The van der Waals surface area contributed by atoms with E-state index >= 15 is 0 Å². The van der Waals surface area contributed by atoms with Gasteiger partial charge in [0, 0.05) is 42.8 Å². The summed E-state index contributed by atoms with van der Waals surface area (Å²) < 4.78 is 5.10. The molecule has 1 saturated heterocycles. The molecule has 3 rings (SSSR count). The second kappa shape index (κ2) is 9.99. The van der Waals surface area contributed by atoms with Gasteiger partial charge >= 0.3 is 5.97 Å². The van der Waals surface area contributed by atoms with E-state index < -0.39 is 5.97 Å². The first kappa shape index (κ1) is 20.0. The first-order valence-corrected chi connectivity index (χ1v) is 10.4. The van der Waals surface area contributed by atoms with Crippen LogP contribution in [0.3, 0.4) is 0 Å². The number of benzene rings is 2. The number of anilines is 1.